The molecule has 2 rings (SSSR count). The van der Waals surface area contributed by atoms with Crippen LogP contribution in [-0.2, 0) is 17.5 Å². The molecule has 1 saturated carbocycles. The summed E-state index contributed by atoms with van der Waals surface area (Å²) in [5, 5.41) is 15.7. The van der Waals surface area contributed by atoms with Crippen molar-refractivity contribution in [1.29, 1.82) is 0 Å². The van der Waals surface area contributed by atoms with Gasteiger partial charge in [-0.05, 0) is 19.8 Å². The molecule has 1 fully saturated rings. The van der Waals surface area contributed by atoms with Crippen LogP contribution in [-0.4, -0.2) is 32.4 Å². The van der Waals surface area contributed by atoms with E-state index in [1.165, 1.54) is 6.92 Å². The van der Waals surface area contributed by atoms with Crippen molar-refractivity contribution in [2.45, 2.75) is 44.1 Å². The molecule has 0 aromatic carbocycles. The molecule has 0 aliphatic heterocycles. The van der Waals surface area contributed by atoms with E-state index in [2.05, 4.69) is 10.4 Å². The summed E-state index contributed by atoms with van der Waals surface area (Å²) < 4.78 is 38.3. The highest BCUT2D eigenvalue weighted by atomic mass is 19.4. The van der Waals surface area contributed by atoms with Crippen LogP contribution in [0.2, 0.25) is 0 Å². The largest absolute Gasteiger partial charge is 0.480 e. The first-order chi connectivity index (χ1) is 8.71. The first-order valence-electron chi connectivity index (χ1n) is 5.81. The zero-order valence-electron chi connectivity index (χ0n) is 10.2. The molecule has 0 bridgehead atoms. The predicted octanol–water partition coefficient (Wildman–Crippen LogP) is 1.50. The lowest BCUT2D eigenvalue weighted by molar-refractivity contribution is -0.145. The van der Waals surface area contributed by atoms with E-state index in [1.807, 2.05) is 0 Å². The summed E-state index contributed by atoms with van der Waals surface area (Å²) in [6, 6.07) is 0.124. The highest BCUT2D eigenvalue weighted by Gasteiger charge is 2.40. The fourth-order valence-electron chi connectivity index (χ4n) is 1.77. The molecule has 1 aromatic rings. The SMILES string of the molecule is CC(Cn1cc(C(F)(F)F)cn1)(NC1CC1)C(=O)O. The van der Waals surface area contributed by atoms with Gasteiger partial charge in [-0.3, -0.25) is 14.8 Å². The molecule has 106 valence electrons. The lowest BCUT2D eigenvalue weighted by Crippen LogP contribution is -2.53. The highest BCUT2D eigenvalue weighted by Crippen LogP contribution is 2.29. The molecule has 1 unspecified atom stereocenters. The topological polar surface area (TPSA) is 67.2 Å². The Bertz CT molecular complexity index is 482. The van der Waals surface area contributed by atoms with Crippen LogP contribution >= 0.6 is 0 Å². The van der Waals surface area contributed by atoms with E-state index < -0.39 is 23.2 Å². The van der Waals surface area contributed by atoms with E-state index in [-0.39, 0.29) is 12.6 Å². The summed E-state index contributed by atoms with van der Waals surface area (Å²) in [5.41, 5.74) is -2.21. The number of carbonyl (C=O) groups is 1. The fraction of sp³-hybridized carbons (Fsp3) is 0.636. The molecule has 5 nitrogen and oxygen atoms in total. The third-order valence-corrected chi connectivity index (χ3v) is 3.01. The van der Waals surface area contributed by atoms with Crippen molar-refractivity contribution < 1.29 is 23.1 Å². The van der Waals surface area contributed by atoms with E-state index in [1.54, 1.807) is 0 Å². The Labute approximate surface area is 107 Å². The number of carboxylic acid groups (broad SMARTS) is 1. The quantitative estimate of drug-likeness (QED) is 0.856. The molecule has 1 atom stereocenters. The molecule has 1 aliphatic carbocycles. The van der Waals surface area contributed by atoms with E-state index in [9.17, 15) is 23.1 Å². The number of nitrogens with zero attached hydrogens (tertiary/aromatic N) is 2. The second-order valence-corrected chi connectivity index (χ2v) is 4.98. The van der Waals surface area contributed by atoms with Crippen molar-refractivity contribution in [3.8, 4) is 0 Å². The molecule has 0 saturated heterocycles. The van der Waals surface area contributed by atoms with Crippen LogP contribution in [0.5, 0.6) is 0 Å². The normalized spacial score (nSPS) is 19.2. The first-order valence-corrected chi connectivity index (χ1v) is 5.81. The van der Waals surface area contributed by atoms with Gasteiger partial charge in [0.05, 0.1) is 18.3 Å². The van der Waals surface area contributed by atoms with Crippen LogP contribution in [0.1, 0.15) is 25.3 Å². The molecular formula is C11H14F3N3O2. The fourth-order valence-corrected chi connectivity index (χ4v) is 1.77. The first kappa shape index (κ1) is 13.9. The Balaban J connectivity index is 2.12. The zero-order valence-corrected chi connectivity index (χ0v) is 10.2. The van der Waals surface area contributed by atoms with Gasteiger partial charge >= 0.3 is 12.1 Å². The number of aromatic nitrogens is 2. The van der Waals surface area contributed by atoms with Crippen LogP contribution in [0.3, 0.4) is 0 Å². The van der Waals surface area contributed by atoms with Gasteiger partial charge in [-0.25, -0.2) is 0 Å². The van der Waals surface area contributed by atoms with Gasteiger partial charge in [0.15, 0.2) is 0 Å². The van der Waals surface area contributed by atoms with Crippen molar-refractivity contribution in [1.82, 2.24) is 15.1 Å². The van der Waals surface area contributed by atoms with Gasteiger partial charge in [0.25, 0.3) is 0 Å². The number of hydrogen-bond donors (Lipinski definition) is 2. The highest BCUT2D eigenvalue weighted by molar-refractivity contribution is 5.78. The number of halogens is 3. The number of alkyl halides is 3. The maximum Gasteiger partial charge on any atom is 0.419 e. The van der Waals surface area contributed by atoms with Gasteiger partial charge in [0.1, 0.15) is 5.54 Å². The van der Waals surface area contributed by atoms with E-state index in [0.717, 1.165) is 23.7 Å². The van der Waals surface area contributed by atoms with E-state index in [4.69, 9.17) is 0 Å². The summed E-state index contributed by atoms with van der Waals surface area (Å²) in [7, 11) is 0. The van der Waals surface area contributed by atoms with Crippen molar-refractivity contribution in [2.24, 2.45) is 0 Å². The molecular weight excluding hydrogens is 263 g/mol. The zero-order chi connectivity index (χ0) is 14.3. The van der Waals surface area contributed by atoms with Crippen molar-refractivity contribution in [2.75, 3.05) is 0 Å². The average Bonchev–Trinajstić information content (AvgIpc) is 2.92. The lowest BCUT2D eigenvalue weighted by atomic mass is 10.0. The molecule has 1 aliphatic rings. The van der Waals surface area contributed by atoms with Crippen LogP contribution < -0.4 is 5.32 Å². The van der Waals surface area contributed by atoms with Gasteiger partial charge in [0, 0.05) is 12.2 Å². The van der Waals surface area contributed by atoms with Gasteiger partial charge in [-0.2, -0.15) is 18.3 Å². The molecule has 1 heterocycles. The standard InChI is InChI=1S/C11H14F3N3O2/c1-10(9(18)19,16-8-2-3-8)6-17-5-7(4-15-17)11(12,13)14/h4-5,8,16H,2-3,6H2,1H3,(H,18,19). The number of aliphatic carboxylic acids is 1. The van der Waals surface area contributed by atoms with Crippen molar-refractivity contribution in [3.05, 3.63) is 18.0 Å². The number of carboxylic acids is 1. The van der Waals surface area contributed by atoms with E-state index >= 15 is 0 Å². The Kier molecular flexibility index (Phi) is 3.29. The Morgan fingerprint density at radius 1 is 1.58 bits per heavy atom. The third kappa shape index (κ3) is 3.25. The monoisotopic (exact) mass is 277 g/mol. The van der Waals surface area contributed by atoms with Gasteiger partial charge in [0.2, 0.25) is 0 Å². The molecule has 2 N–H and O–H groups in total. The smallest absolute Gasteiger partial charge is 0.419 e. The van der Waals surface area contributed by atoms with Gasteiger partial charge < -0.3 is 5.11 Å². The van der Waals surface area contributed by atoms with Gasteiger partial charge in [-0.1, -0.05) is 0 Å². The summed E-state index contributed by atoms with van der Waals surface area (Å²) in [5.74, 6) is -1.11. The second-order valence-electron chi connectivity index (χ2n) is 4.98. The van der Waals surface area contributed by atoms with E-state index in [0.29, 0.717) is 6.20 Å². The van der Waals surface area contributed by atoms with Crippen LogP contribution in [0.25, 0.3) is 0 Å². The molecule has 0 amide bonds. The molecule has 19 heavy (non-hydrogen) atoms. The van der Waals surface area contributed by atoms with Crippen LogP contribution in [0, 0.1) is 0 Å². The Morgan fingerprint density at radius 3 is 2.63 bits per heavy atom. The minimum Gasteiger partial charge on any atom is -0.480 e. The lowest BCUT2D eigenvalue weighted by Gasteiger charge is -2.26. The molecule has 8 heteroatoms. The Hall–Kier alpha value is -1.57. The average molecular weight is 277 g/mol. The third-order valence-electron chi connectivity index (χ3n) is 3.01. The van der Waals surface area contributed by atoms with Crippen molar-refractivity contribution in [3.63, 3.8) is 0 Å². The maximum atomic E-state index is 12.4. The number of hydrogen-bond acceptors (Lipinski definition) is 3. The molecule has 0 spiro atoms. The minimum absolute atomic E-state index is 0.124. The predicted molar refractivity (Wildman–Crippen MR) is 59.4 cm³/mol. The minimum atomic E-state index is -4.47. The van der Waals surface area contributed by atoms with Crippen LogP contribution in [0.15, 0.2) is 12.4 Å². The summed E-state index contributed by atoms with van der Waals surface area (Å²) in [4.78, 5) is 11.3. The molecule has 0 radical (unpaired) electrons. The summed E-state index contributed by atoms with van der Waals surface area (Å²) >= 11 is 0. The summed E-state index contributed by atoms with van der Waals surface area (Å²) in [6.07, 6.45) is -1.19. The number of rotatable bonds is 5. The Morgan fingerprint density at radius 2 is 2.21 bits per heavy atom. The second kappa shape index (κ2) is 4.52. The molecule has 1 aromatic heterocycles. The van der Waals surface area contributed by atoms with Crippen molar-refractivity contribution >= 4 is 5.97 Å². The summed E-state index contributed by atoms with van der Waals surface area (Å²) in [6.45, 7) is 1.29. The maximum absolute atomic E-state index is 12.4. The van der Waals surface area contributed by atoms with Crippen LogP contribution in [0.4, 0.5) is 13.2 Å². The number of nitrogens with one attached hydrogen (secondary N) is 1. The van der Waals surface area contributed by atoms with Gasteiger partial charge in [-0.15, -0.1) is 0 Å².